The van der Waals surface area contributed by atoms with Crippen LogP contribution in [0, 0.1) is 0 Å². The smallest absolute Gasteiger partial charge is 0.256 e. The van der Waals surface area contributed by atoms with Gasteiger partial charge in [0.15, 0.2) is 4.67 Å². The number of carbonyl (C=O) groups is 1. The quantitative estimate of drug-likeness (QED) is 0.891. The molecule has 2 rings (SSSR count). The van der Waals surface area contributed by atoms with Crippen LogP contribution < -0.4 is 5.32 Å². The molecule has 0 aliphatic carbocycles. The normalized spacial score (nSPS) is 10.2. The van der Waals surface area contributed by atoms with Crippen LogP contribution in [0.3, 0.4) is 0 Å². The zero-order valence-electron chi connectivity index (χ0n) is 7.66. The van der Waals surface area contributed by atoms with Crippen LogP contribution in [0.5, 0.6) is 0 Å². The SMILES string of the molecule is O=C(NCc1ncc[nH]1)c1ccoc1Br. The van der Waals surface area contributed by atoms with Crippen LogP contribution in [-0.4, -0.2) is 15.9 Å². The average Bonchev–Trinajstić information content (AvgIpc) is 2.84. The second-order valence-electron chi connectivity index (χ2n) is 2.83. The molecule has 5 nitrogen and oxygen atoms in total. The van der Waals surface area contributed by atoms with Crippen molar-refractivity contribution in [2.24, 2.45) is 0 Å². The van der Waals surface area contributed by atoms with Gasteiger partial charge >= 0.3 is 0 Å². The largest absolute Gasteiger partial charge is 0.457 e. The predicted octanol–water partition coefficient (Wildman–Crippen LogP) is 1.70. The number of halogens is 1. The van der Waals surface area contributed by atoms with Gasteiger partial charge in [0.2, 0.25) is 0 Å². The van der Waals surface area contributed by atoms with Crippen molar-refractivity contribution in [2.75, 3.05) is 0 Å². The van der Waals surface area contributed by atoms with Crippen LogP contribution in [0.15, 0.2) is 33.8 Å². The Kier molecular flexibility index (Phi) is 2.86. The van der Waals surface area contributed by atoms with E-state index in [-0.39, 0.29) is 5.91 Å². The van der Waals surface area contributed by atoms with Gasteiger partial charge in [-0.25, -0.2) is 4.98 Å². The highest BCUT2D eigenvalue weighted by Crippen LogP contribution is 2.17. The molecular formula is C9H8BrN3O2. The van der Waals surface area contributed by atoms with E-state index in [4.69, 9.17) is 4.42 Å². The zero-order chi connectivity index (χ0) is 10.7. The van der Waals surface area contributed by atoms with E-state index in [1.807, 2.05) is 0 Å². The van der Waals surface area contributed by atoms with E-state index < -0.39 is 0 Å². The molecule has 6 heteroatoms. The maximum Gasteiger partial charge on any atom is 0.256 e. The maximum absolute atomic E-state index is 11.6. The summed E-state index contributed by atoms with van der Waals surface area (Å²) in [5, 5.41) is 2.71. The summed E-state index contributed by atoms with van der Waals surface area (Å²) in [7, 11) is 0. The summed E-state index contributed by atoms with van der Waals surface area (Å²) in [5.74, 6) is 0.509. The van der Waals surface area contributed by atoms with Crippen LogP contribution >= 0.6 is 15.9 Å². The fourth-order valence-corrected chi connectivity index (χ4v) is 1.53. The molecule has 1 amide bonds. The second-order valence-corrected chi connectivity index (χ2v) is 3.55. The van der Waals surface area contributed by atoms with Crippen molar-refractivity contribution in [2.45, 2.75) is 6.54 Å². The molecular weight excluding hydrogens is 262 g/mol. The van der Waals surface area contributed by atoms with Crippen LogP contribution in [0.1, 0.15) is 16.2 Å². The molecule has 2 aromatic heterocycles. The van der Waals surface area contributed by atoms with Crippen LogP contribution in [-0.2, 0) is 6.54 Å². The Labute approximate surface area is 94.0 Å². The van der Waals surface area contributed by atoms with Crippen molar-refractivity contribution in [3.63, 3.8) is 0 Å². The number of hydrogen-bond donors (Lipinski definition) is 2. The Morgan fingerprint density at radius 2 is 2.53 bits per heavy atom. The van der Waals surface area contributed by atoms with Gasteiger partial charge in [-0.05, 0) is 22.0 Å². The molecule has 0 aliphatic heterocycles. The molecule has 0 fully saturated rings. The van der Waals surface area contributed by atoms with Gasteiger partial charge in [-0.3, -0.25) is 4.79 Å². The van der Waals surface area contributed by atoms with Gasteiger partial charge < -0.3 is 14.7 Å². The van der Waals surface area contributed by atoms with Gasteiger partial charge in [0.05, 0.1) is 18.4 Å². The second kappa shape index (κ2) is 4.31. The van der Waals surface area contributed by atoms with Crippen LogP contribution in [0.25, 0.3) is 0 Å². The summed E-state index contributed by atoms with van der Waals surface area (Å²) in [6, 6.07) is 1.60. The Morgan fingerprint density at radius 1 is 1.67 bits per heavy atom. The van der Waals surface area contributed by atoms with E-state index >= 15 is 0 Å². The molecule has 0 saturated heterocycles. The molecule has 0 bridgehead atoms. The van der Waals surface area contributed by atoms with Crippen molar-refractivity contribution in [3.8, 4) is 0 Å². The first kappa shape index (κ1) is 9.97. The molecule has 2 heterocycles. The summed E-state index contributed by atoms with van der Waals surface area (Å²) in [5.41, 5.74) is 0.474. The molecule has 0 spiro atoms. The third-order valence-corrected chi connectivity index (χ3v) is 2.45. The molecule has 78 valence electrons. The minimum Gasteiger partial charge on any atom is -0.457 e. The topological polar surface area (TPSA) is 70.9 Å². The van der Waals surface area contributed by atoms with E-state index in [0.29, 0.717) is 22.6 Å². The van der Waals surface area contributed by atoms with Gasteiger partial charge in [0, 0.05) is 12.4 Å². The molecule has 0 aliphatic rings. The van der Waals surface area contributed by atoms with Crippen LogP contribution in [0.4, 0.5) is 0 Å². The third-order valence-electron chi connectivity index (χ3n) is 1.83. The average molecular weight is 270 g/mol. The number of H-pyrrole nitrogens is 1. The maximum atomic E-state index is 11.6. The Balaban J connectivity index is 1.96. The molecule has 0 aromatic carbocycles. The minimum atomic E-state index is -0.202. The molecule has 0 saturated carbocycles. The van der Waals surface area contributed by atoms with Crippen molar-refractivity contribution < 1.29 is 9.21 Å². The standard InChI is InChI=1S/C9H8BrN3O2/c10-8-6(1-4-15-8)9(14)13-5-7-11-2-3-12-7/h1-4H,5H2,(H,11,12)(H,13,14). The summed E-state index contributed by atoms with van der Waals surface area (Å²) in [4.78, 5) is 18.5. The fourth-order valence-electron chi connectivity index (χ4n) is 1.11. The Morgan fingerprint density at radius 3 is 3.13 bits per heavy atom. The number of nitrogens with zero attached hydrogens (tertiary/aromatic N) is 1. The summed E-state index contributed by atoms with van der Waals surface area (Å²) >= 11 is 3.13. The van der Waals surface area contributed by atoms with Gasteiger partial charge in [0.1, 0.15) is 5.82 Å². The lowest BCUT2D eigenvalue weighted by Crippen LogP contribution is -2.23. The number of aromatic amines is 1. The molecule has 0 atom stereocenters. The molecule has 0 unspecified atom stereocenters. The van der Waals surface area contributed by atoms with E-state index in [9.17, 15) is 4.79 Å². The highest BCUT2D eigenvalue weighted by atomic mass is 79.9. The van der Waals surface area contributed by atoms with Crippen LogP contribution in [0.2, 0.25) is 0 Å². The van der Waals surface area contributed by atoms with E-state index in [2.05, 4.69) is 31.2 Å². The zero-order valence-corrected chi connectivity index (χ0v) is 9.24. The molecule has 2 aromatic rings. The first-order valence-electron chi connectivity index (χ1n) is 4.27. The number of hydrogen-bond acceptors (Lipinski definition) is 3. The third kappa shape index (κ3) is 2.27. The summed E-state index contributed by atoms with van der Waals surface area (Å²) < 4.78 is 5.39. The summed E-state index contributed by atoms with van der Waals surface area (Å²) in [6.07, 6.45) is 4.79. The van der Waals surface area contributed by atoms with E-state index in [0.717, 1.165) is 0 Å². The number of rotatable bonds is 3. The fraction of sp³-hybridized carbons (Fsp3) is 0.111. The highest BCUT2D eigenvalue weighted by molar-refractivity contribution is 9.10. The van der Waals surface area contributed by atoms with E-state index in [1.54, 1.807) is 18.5 Å². The van der Waals surface area contributed by atoms with E-state index in [1.165, 1.54) is 6.26 Å². The molecule has 15 heavy (non-hydrogen) atoms. The lowest BCUT2D eigenvalue weighted by atomic mass is 10.3. The lowest BCUT2D eigenvalue weighted by Gasteiger charge is -2.00. The number of nitrogens with one attached hydrogen (secondary N) is 2. The predicted molar refractivity (Wildman–Crippen MR) is 56.2 cm³/mol. The van der Waals surface area contributed by atoms with Crippen molar-refractivity contribution in [3.05, 3.63) is 40.8 Å². The Hall–Kier alpha value is -1.56. The molecule has 0 radical (unpaired) electrons. The summed E-state index contributed by atoms with van der Waals surface area (Å²) in [6.45, 7) is 0.365. The Bertz CT molecular complexity index is 450. The minimum absolute atomic E-state index is 0.202. The molecule has 2 N–H and O–H groups in total. The van der Waals surface area contributed by atoms with Crippen molar-refractivity contribution >= 4 is 21.8 Å². The van der Waals surface area contributed by atoms with Crippen molar-refractivity contribution in [1.29, 1.82) is 0 Å². The first-order valence-corrected chi connectivity index (χ1v) is 5.06. The number of amides is 1. The number of aromatic nitrogens is 2. The van der Waals surface area contributed by atoms with Crippen molar-refractivity contribution in [1.82, 2.24) is 15.3 Å². The van der Waals surface area contributed by atoms with Gasteiger partial charge in [-0.2, -0.15) is 0 Å². The monoisotopic (exact) mass is 269 g/mol. The number of carbonyl (C=O) groups excluding carboxylic acids is 1. The highest BCUT2D eigenvalue weighted by Gasteiger charge is 2.12. The van der Waals surface area contributed by atoms with Gasteiger partial charge in [-0.1, -0.05) is 0 Å². The number of imidazole rings is 1. The number of furan rings is 1. The van der Waals surface area contributed by atoms with Gasteiger partial charge in [-0.15, -0.1) is 0 Å². The van der Waals surface area contributed by atoms with Gasteiger partial charge in [0.25, 0.3) is 5.91 Å². The lowest BCUT2D eigenvalue weighted by molar-refractivity contribution is 0.0948. The first-order chi connectivity index (χ1) is 7.27.